The summed E-state index contributed by atoms with van der Waals surface area (Å²) in [6, 6.07) is 2.97. The van der Waals surface area contributed by atoms with Gasteiger partial charge in [-0.3, -0.25) is 4.90 Å². The van der Waals surface area contributed by atoms with E-state index in [1.165, 1.54) is 26.6 Å². The van der Waals surface area contributed by atoms with Crippen molar-refractivity contribution in [3.05, 3.63) is 33.5 Å². The lowest BCUT2D eigenvalue weighted by Crippen LogP contribution is -2.25. The first kappa shape index (κ1) is 13.9. The quantitative estimate of drug-likeness (QED) is 0.776. The Kier molecular flexibility index (Phi) is 4.36. The van der Waals surface area contributed by atoms with E-state index in [0.717, 1.165) is 0 Å². The molecule has 2 rings (SSSR count). The fraction of sp³-hybridized carbons (Fsp3) is 0.467. The number of hydrogen-bond donors (Lipinski definition) is 0. The van der Waals surface area contributed by atoms with Crippen molar-refractivity contribution in [1.82, 2.24) is 4.90 Å². The minimum absolute atomic E-state index is 0.517. The van der Waals surface area contributed by atoms with Gasteiger partial charge in [0.25, 0.3) is 0 Å². The summed E-state index contributed by atoms with van der Waals surface area (Å²) in [7, 11) is 2.23. The molecule has 0 aromatic carbocycles. The SMILES string of the molecule is C=Cc1cc(C2SCC(C)N2C)sc1C=C(C)C. The highest BCUT2D eigenvalue weighted by atomic mass is 32.2. The van der Waals surface area contributed by atoms with Crippen LogP contribution in [-0.4, -0.2) is 23.7 Å². The monoisotopic (exact) mass is 279 g/mol. The molecule has 2 unspecified atom stereocenters. The molecule has 0 saturated carbocycles. The van der Waals surface area contributed by atoms with Gasteiger partial charge in [-0.1, -0.05) is 18.2 Å². The Morgan fingerprint density at radius 3 is 2.72 bits per heavy atom. The molecule has 1 saturated heterocycles. The van der Waals surface area contributed by atoms with Crippen LogP contribution in [0.2, 0.25) is 0 Å². The van der Waals surface area contributed by atoms with Crippen LogP contribution in [0.4, 0.5) is 0 Å². The van der Waals surface area contributed by atoms with Crippen LogP contribution in [0, 0.1) is 0 Å². The lowest BCUT2D eigenvalue weighted by Gasteiger charge is -2.20. The Morgan fingerprint density at radius 1 is 1.50 bits per heavy atom. The average molecular weight is 279 g/mol. The standard InChI is InChI=1S/C15H21NS2/c1-6-12-8-14(18-13(12)7-10(2)3)15-16(5)11(4)9-17-15/h6-8,11,15H,1,9H2,2-5H3. The lowest BCUT2D eigenvalue weighted by atomic mass is 10.2. The number of rotatable bonds is 3. The highest BCUT2D eigenvalue weighted by Gasteiger charge is 2.30. The molecule has 3 heteroatoms. The molecule has 0 aliphatic carbocycles. The van der Waals surface area contributed by atoms with Gasteiger partial charge in [-0.25, -0.2) is 0 Å². The molecular formula is C15H21NS2. The van der Waals surface area contributed by atoms with Gasteiger partial charge in [0.15, 0.2) is 0 Å². The second-order valence-corrected chi connectivity index (χ2v) is 7.32. The number of allylic oxidation sites excluding steroid dienone is 1. The van der Waals surface area contributed by atoms with Gasteiger partial charge in [0.05, 0.1) is 5.37 Å². The summed E-state index contributed by atoms with van der Waals surface area (Å²) in [6.07, 6.45) is 4.23. The molecule has 1 aromatic rings. The lowest BCUT2D eigenvalue weighted by molar-refractivity contribution is 0.284. The first-order valence-corrected chi connectivity index (χ1v) is 8.14. The van der Waals surface area contributed by atoms with Crippen molar-refractivity contribution >= 4 is 35.3 Å². The van der Waals surface area contributed by atoms with E-state index in [0.29, 0.717) is 11.4 Å². The summed E-state index contributed by atoms with van der Waals surface area (Å²) in [5.41, 5.74) is 2.61. The summed E-state index contributed by atoms with van der Waals surface area (Å²) >= 11 is 3.95. The topological polar surface area (TPSA) is 3.24 Å². The van der Waals surface area contributed by atoms with E-state index in [1.807, 2.05) is 29.2 Å². The van der Waals surface area contributed by atoms with E-state index >= 15 is 0 Å². The Hall–Kier alpha value is -0.510. The van der Waals surface area contributed by atoms with Crippen molar-refractivity contribution in [2.75, 3.05) is 12.8 Å². The first-order chi connectivity index (χ1) is 8.52. The molecule has 18 heavy (non-hydrogen) atoms. The van der Waals surface area contributed by atoms with E-state index in [-0.39, 0.29) is 0 Å². The summed E-state index contributed by atoms with van der Waals surface area (Å²) in [6.45, 7) is 10.5. The Morgan fingerprint density at radius 2 is 2.22 bits per heavy atom. The number of hydrogen-bond acceptors (Lipinski definition) is 3. The fourth-order valence-electron chi connectivity index (χ4n) is 2.08. The van der Waals surface area contributed by atoms with Crippen molar-refractivity contribution in [1.29, 1.82) is 0 Å². The van der Waals surface area contributed by atoms with Crippen LogP contribution < -0.4 is 0 Å². The molecule has 0 bridgehead atoms. The number of thiophene rings is 1. The van der Waals surface area contributed by atoms with Crippen LogP contribution in [0.5, 0.6) is 0 Å². The van der Waals surface area contributed by atoms with Crippen LogP contribution in [0.1, 0.15) is 41.5 Å². The number of thioether (sulfide) groups is 1. The van der Waals surface area contributed by atoms with Gasteiger partial charge >= 0.3 is 0 Å². The van der Waals surface area contributed by atoms with Crippen molar-refractivity contribution in [3.63, 3.8) is 0 Å². The minimum Gasteiger partial charge on any atom is -0.287 e. The van der Waals surface area contributed by atoms with Crippen molar-refractivity contribution < 1.29 is 0 Å². The summed E-state index contributed by atoms with van der Waals surface area (Å²) < 4.78 is 0. The molecule has 1 fully saturated rings. The second-order valence-electron chi connectivity index (χ2n) is 5.09. The Labute approximate surface area is 119 Å². The van der Waals surface area contributed by atoms with Crippen molar-refractivity contribution in [3.8, 4) is 0 Å². The molecule has 2 atom stereocenters. The maximum atomic E-state index is 3.93. The smallest absolute Gasteiger partial charge is 0.0908 e. The predicted molar refractivity (Wildman–Crippen MR) is 86.2 cm³/mol. The summed E-state index contributed by atoms with van der Waals surface area (Å²) in [5.74, 6) is 1.22. The normalized spacial score (nSPS) is 24.2. The molecule has 98 valence electrons. The first-order valence-electron chi connectivity index (χ1n) is 6.27. The van der Waals surface area contributed by atoms with E-state index < -0.39 is 0 Å². The third-order valence-electron chi connectivity index (χ3n) is 3.25. The molecule has 0 amide bonds. The summed E-state index contributed by atoms with van der Waals surface area (Å²) in [5, 5.41) is 0.517. The zero-order valence-corrected chi connectivity index (χ0v) is 13.2. The van der Waals surface area contributed by atoms with Gasteiger partial charge in [0, 0.05) is 21.5 Å². The molecule has 0 N–H and O–H groups in total. The minimum atomic E-state index is 0.517. The van der Waals surface area contributed by atoms with E-state index in [2.05, 4.69) is 51.4 Å². The highest BCUT2D eigenvalue weighted by molar-refractivity contribution is 7.99. The van der Waals surface area contributed by atoms with Gasteiger partial charge in [0.2, 0.25) is 0 Å². The van der Waals surface area contributed by atoms with E-state index in [1.54, 1.807) is 0 Å². The molecule has 0 spiro atoms. The molecule has 1 nitrogen and oxygen atoms in total. The van der Waals surface area contributed by atoms with Crippen LogP contribution in [0.25, 0.3) is 12.2 Å². The third kappa shape index (κ3) is 2.73. The van der Waals surface area contributed by atoms with Crippen LogP contribution >= 0.6 is 23.1 Å². The molecule has 2 heterocycles. The molecular weight excluding hydrogens is 258 g/mol. The molecule has 1 aliphatic heterocycles. The average Bonchev–Trinajstić information content (AvgIpc) is 2.84. The van der Waals surface area contributed by atoms with Crippen LogP contribution in [-0.2, 0) is 0 Å². The van der Waals surface area contributed by atoms with E-state index in [4.69, 9.17) is 0 Å². The fourth-order valence-corrected chi connectivity index (χ4v) is 5.06. The Bertz CT molecular complexity index is 469. The van der Waals surface area contributed by atoms with Gasteiger partial charge in [-0.2, -0.15) is 0 Å². The predicted octanol–water partition coefficient (Wildman–Crippen LogP) is 4.88. The van der Waals surface area contributed by atoms with Crippen LogP contribution in [0.3, 0.4) is 0 Å². The van der Waals surface area contributed by atoms with Crippen molar-refractivity contribution in [2.45, 2.75) is 32.2 Å². The van der Waals surface area contributed by atoms with Gasteiger partial charge in [-0.05, 0) is 45.5 Å². The van der Waals surface area contributed by atoms with Crippen LogP contribution in [0.15, 0.2) is 18.2 Å². The molecule has 0 radical (unpaired) electrons. The van der Waals surface area contributed by atoms with Gasteiger partial charge in [-0.15, -0.1) is 23.1 Å². The molecule has 1 aliphatic rings. The maximum Gasteiger partial charge on any atom is 0.0908 e. The molecule has 1 aromatic heterocycles. The highest BCUT2D eigenvalue weighted by Crippen LogP contribution is 2.44. The number of nitrogens with zero attached hydrogens (tertiary/aromatic N) is 1. The maximum absolute atomic E-state index is 3.93. The Balaban J connectivity index is 2.33. The second kappa shape index (κ2) is 5.64. The zero-order valence-electron chi connectivity index (χ0n) is 11.6. The van der Waals surface area contributed by atoms with Gasteiger partial charge < -0.3 is 0 Å². The van der Waals surface area contributed by atoms with Crippen molar-refractivity contribution in [2.24, 2.45) is 0 Å². The third-order valence-corrected chi connectivity index (χ3v) is 6.13. The largest absolute Gasteiger partial charge is 0.287 e. The van der Waals surface area contributed by atoms with Gasteiger partial charge in [0.1, 0.15) is 0 Å². The van der Waals surface area contributed by atoms with E-state index in [9.17, 15) is 0 Å². The summed E-state index contributed by atoms with van der Waals surface area (Å²) in [4.78, 5) is 5.26. The zero-order chi connectivity index (χ0) is 13.3.